The number of nitrogens with two attached hydrogens (primary N) is 1. The van der Waals surface area contributed by atoms with Crippen LogP contribution in [0.2, 0.25) is 0 Å². The third-order valence-electron chi connectivity index (χ3n) is 3.66. The van der Waals surface area contributed by atoms with E-state index in [-0.39, 0.29) is 11.9 Å². The molecular weight excluding hydrogens is 325 g/mol. The number of hydrogen-bond acceptors (Lipinski definition) is 4. The van der Waals surface area contributed by atoms with Crippen LogP contribution >= 0.6 is 15.9 Å². The van der Waals surface area contributed by atoms with Gasteiger partial charge in [-0.25, -0.2) is 4.39 Å². The fourth-order valence-electron chi connectivity index (χ4n) is 2.57. The predicted molar refractivity (Wildman–Crippen MR) is 76.3 cm³/mol. The predicted octanol–water partition coefficient (Wildman–Crippen LogP) is 1.70. The first kappa shape index (κ1) is 13.7. The Hall–Kier alpha value is -1.31. The Bertz CT molecular complexity index is 615. The van der Waals surface area contributed by atoms with E-state index < -0.39 is 0 Å². The lowest BCUT2D eigenvalue weighted by Gasteiger charge is -2.34. The summed E-state index contributed by atoms with van der Waals surface area (Å²) in [4.78, 5) is 2.25. The maximum absolute atomic E-state index is 13.4. The van der Waals surface area contributed by atoms with Crippen molar-refractivity contribution in [1.29, 1.82) is 0 Å². The topological polar surface area (TPSA) is 60.0 Å². The van der Waals surface area contributed by atoms with Crippen LogP contribution < -0.4 is 5.73 Å². The van der Waals surface area contributed by atoms with E-state index in [0.29, 0.717) is 17.6 Å². The number of halogens is 2. The molecule has 3 rings (SSSR count). The van der Waals surface area contributed by atoms with Crippen LogP contribution in [0.5, 0.6) is 0 Å². The number of nitrogens with zero attached hydrogens (tertiary/aromatic N) is 4. The molecule has 7 heteroatoms. The van der Waals surface area contributed by atoms with Gasteiger partial charge < -0.3 is 10.3 Å². The largest absolute Gasteiger partial charge is 0.329 e. The van der Waals surface area contributed by atoms with Gasteiger partial charge in [0, 0.05) is 25.7 Å². The lowest BCUT2D eigenvalue weighted by atomic mass is 10.0. The summed E-state index contributed by atoms with van der Waals surface area (Å²) in [5, 5.41) is 8.03. The summed E-state index contributed by atoms with van der Waals surface area (Å²) in [6.45, 7) is 2.91. The first-order valence-corrected chi connectivity index (χ1v) is 7.24. The van der Waals surface area contributed by atoms with E-state index in [9.17, 15) is 4.39 Å². The minimum Gasteiger partial charge on any atom is -0.329 e. The van der Waals surface area contributed by atoms with Gasteiger partial charge in [0.1, 0.15) is 18.0 Å². The summed E-state index contributed by atoms with van der Waals surface area (Å²) in [5.74, 6) is 0.679. The number of hydrogen-bond donors (Lipinski definition) is 1. The molecule has 0 saturated heterocycles. The Morgan fingerprint density at radius 3 is 3.00 bits per heavy atom. The zero-order valence-electron chi connectivity index (χ0n) is 10.8. The van der Waals surface area contributed by atoms with Gasteiger partial charge in [-0.1, -0.05) is 6.07 Å². The molecule has 1 atom stereocenters. The van der Waals surface area contributed by atoms with Crippen molar-refractivity contribution in [3.63, 3.8) is 0 Å². The van der Waals surface area contributed by atoms with Gasteiger partial charge in [-0.05, 0) is 33.6 Å². The zero-order valence-corrected chi connectivity index (χ0v) is 12.4. The maximum Gasteiger partial charge on any atom is 0.147 e. The van der Waals surface area contributed by atoms with E-state index in [2.05, 4.69) is 31.0 Å². The SMILES string of the molecule is NCC(c1ccc(F)c(Br)c1)N1CCn2cnnc2C1. The first-order valence-electron chi connectivity index (χ1n) is 6.45. The minimum atomic E-state index is -0.261. The lowest BCUT2D eigenvalue weighted by molar-refractivity contribution is 0.156. The van der Waals surface area contributed by atoms with Gasteiger partial charge in [0.05, 0.1) is 11.0 Å². The Labute approximate surface area is 124 Å². The van der Waals surface area contributed by atoms with E-state index in [4.69, 9.17) is 5.73 Å². The fraction of sp³-hybridized carbons (Fsp3) is 0.385. The van der Waals surface area contributed by atoms with Crippen LogP contribution in [-0.2, 0) is 13.1 Å². The highest BCUT2D eigenvalue weighted by Gasteiger charge is 2.25. The molecule has 106 valence electrons. The molecule has 5 nitrogen and oxygen atoms in total. The average molecular weight is 340 g/mol. The van der Waals surface area contributed by atoms with Gasteiger partial charge in [0.2, 0.25) is 0 Å². The highest BCUT2D eigenvalue weighted by atomic mass is 79.9. The molecule has 0 radical (unpaired) electrons. The summed E-state index contributed by atoms with van der Waals surface area (Å²) in [6.07, 6.45) is 1.75. The monoisotopic (exact) mass is 339 g/mol. The second kappa shape index (κ2) is 5.59. The van der Waals surface area contributed by atoms with E-state index in [1.165, 1.54) is 6.07 Å². The van der Waals surface area contributed by atoms with Crippen LogP contribution in [-0.4, -0.2) is 32.8 Å². The van der Waals surface area contributed by atoms with Crippen molar-refractivity contribution in [3.8, 4) is 0 Å². The van der Waals surface area contributed by atoms with Crippen molar-refractivity contribution in [2.75, 3.05) is 13.1 Å². The summed E-state index contributed by atoms with van der Waals surface area (Å²) in [7, 11) is 0. The average Bonchev–Trinajstić information content (AvgIpc) is 2.91. The van der Waals surface area contributed by atoms with Crippen molar-refractivity contribution in [1.82, 2.24) is 19.7 Å². The molecule has 1 aromatic carbocycles. The molecule has 0 spiro atoms. The molecule has 0 aliphatic carbocycles. The Kier molecular flexibility index (Phi) is 3.82. The van der Waals surface area contributed by atoms with Crippen LogP contribution in [0.15, 0.2) is 29.0 Å². The number of fused-ring (bicyclic) bond motifs is 1. The highest BCUT2D eigenvalue weighted by molar-refractivity contribution is 9.10. The molecular formula is C13H15BrFN5. The Morgan fingerprint density at radius 2 is 2.25 bits per heavy atom. The van der Waals surface area contributed by atoms with Gasteiger partial charge >= 0.3 is 0 Å². The van der Waals surface area contributed by atoms with Crippen molar-refractivity contribution < 1.29 is 4.39 Å². The third-order valence-corrected chi connectivity index (χ3v) is 4.27. The number of aromatic nitrogens is 3. The first-order chi connectivity index (χ1) is 9.69. The van der Waals surface area contributed by atoms with E-state index in [0.717, 1.165) is 24.5 Å². The van der Waals surface area contributed by atoms with Gasteiger partial charge in [-0.15, -0.1) is 10.2 Å². The summed E-state index contributed by atoms with van der Waals surface area (Å²) in [5.41, 5.74) is 6.93. The molecule has 2 N–H and O–H groups in total. The molecule has 0 bridgehead atoms. The van der Waals surface area contributed by atoms with Gasteiger partial charge in [0.15, 0.2) is 0 Å². The van der Waals surface area contributed by atoms with Gasteiger partial charge in [-0.3, -0.25) is 4.90 Å². The summed E-state index contributed by atoms with van der Waals surface area (Å²) < 4.78 is 15.9. The minimum absolute atomic E-state index is 0.0531. The molecule has 1 aliphatic heterocycles. The third kappa shape index (κ3) is 2.48. The van der Waals surface area contributed by atoms with Crippen LogP contribution in [0.3, 0.4) is 0 Å². The van der Waals surface area contributed by atoms with E-state index in [1.54, 1.807) is 18.5 Å². The molecule has 0 fully saturated rings. The normalized spacial score (nSPS) is 16.9. The second-order valence-electron chi connectivity index (χ2n) is 4.84. The van der Waals surface area contributed by atoms with Crippen molar-refractivity contribution in [2.24, 2.45) is 5.73 Å². The quantitative estimate of drug-likeness (QED) is 0.924. The van der Waals surface area contributed by atoms with Gasteiger partial charge in [0.25, 0.3) is 0 Å². The van der Waals surface area contributed by atoms with Crippen molar-refractivity contribution >= 4 is 15.9 Å². The molecule has 1 aliphatic rings. The summed E-state index contributed by atoms with van der Waals surface area (Å²) in [6, 6.07) is 5.11. The second-order valence-corrected chi connectivity index (χ2v) is 5.69. The smallest absolute Gasteiger partial charge is 0.147 e. The Morgan fingerprint density at radius 1 is 1.40 bits per heavy atom. The standard InChI is InChI=1S/C13H15BrFN5/c14-10-5-9(1-2-11(10)15)12(6-16)19-3-4-20-8-17-18-13(20)7-19/h1-2,5,8,12H,3-4,6-7,16H2. The molecule has 0 saturated carbocycles. The lowest BCUT2D eigenvalue weighted by Crippen LogP contribution is -2.39. The van der Waals surface area contributed by atoms with Crippen molar-refractivity contribution in [3.05, 3.63) is 46.2 Å². The molecule has 2 aromatic rings. The molecule has 2 heterocycles. The Balaban J connectivity index is 1.85. The molecule has 1 aromatic heterocycles. The summed E-state index contributed by atoms with van der Waals surface area (Å²) >= 11 is 3.23. The molecule has 0 amide bonds. The highest BCUT2D eigenvalue weighted by Crippen LogP contribution is 2.27. The van der Waals surface area contributed by atoms with Crippen LogP contribution in [0.25, 0.3) is 0 Å². The van der Waals surface area contributed by atoms with Crippen molar-refractivity contribution in [2.45, 2.75) is 19.1 Å². The van der Waals surface area contributed by atoms with E-state index >= 15 is 0 Å². The maximum atomic E-state index is 13.4. The molecule has 1 unspecified atom stereocenters. The van der Waals surface area contributed by atoms with Crippen LogP contribution in [0, 0.1) is 5.82 Å². The van der Waals surface area contributed by atoms with Gasteiger partial charge in [-0.2, -0.15) is 0 Å². The number of rotatable bonds is 3. The van der Waals surface area contributed by atoms with Crippen LogP contribution in [0.4, 0.5) is 4.39 Å². The fourth-order valence-corrected chi connectivity index (χ4v) is 2.96. The zero-order chi connectivity index (χ0) is 14.1. The van der Waals surface area contributed by atoms with Crippen LogP contribution in [0.1, 0.15) is 17.4 Å². The number of benzene rings is 1. The molecule has 20 heavy (non-hydrogen) atoms. The van der Waals surface area contributed by atoms with E-state index in [1.807, 2.05) is 4.57 Å².